The zero-order valence-corrected chi connectivity index (χ0v) is 11.5. The predicted molar refractivity (Wildman–Crippen MR) is 70.8 cm³/mol. The van der Waals surface area contributed by atoms with Gasteiger partial charge in [0.25, 0.3) is 0 Å². The van der Waals surface area contributed by atoms with E-state index in [9.17, 15) is 0 Å². The van der Waals surface area contributed by atoms with Crippen LogP contribution in [0, 0.1) is 0 Å². The highest BCUT2D eigenvalue weighted by atomic mass is 79.9. The number of rotatable bonds is 5. The van der Waals surface area contributed by atoms with Crippen LogP contribution in [-0.4, -0.2) is 6.54 Å². The van der Waals surface area contributed by atoms with Gasteiger partial charge in [-0.3, -0.25) is 0 Å². The van der Waals surface area contributed by atoms with Crippen LogP contribution < -0.4 is 5.32 Å². The molecule has 2 aromatic heterocycles. The average Bonchev–Trinajstić information content (AvgIpc) is 2.88. The molecule has 2 aromatic rings. The molecule has 0 saturated heterocycles. The highest BCUT2D eigenvalue weighted by Gasteiger charge is 2.17. The lowest BCUT2D eigenvalue weighted by atomic mass is 10.1. The quantitative estimate of drug-likeness (QED) is 0.903. The van der Waals surface area contributed by atoms with Gasteiger partial charge >= 0.3 is 0 Å². The summed E-state index contributed by atoms with van der Waals surface area (Å²) < 4.78 is 6.56. The second kappa shape index (κ2) is 5.66. The average molecular weight is 300 g/mol. The van der Waals surface area contributed by atoms with Crippen LogP contribution in [0.4, 0.5) is 0 Å². The third kappa shape index (κ3) is 2.75. The van der Waals surface area contributed by atoms with Crippen LogP contribution in [0.15, 0.2) is 38.7 Å². The molecule has 0 aliphatic heterocycles. The number of hydrogen-bond acceptors (Lipinski definition) is 3. The van der Waals surface area contributed by atoms with E-state index < -0.39 is 0 Å². The summed E-state index contributed by atoms with van der Waals surface area (Å²) in [4.78, 5) is 1.37. The van der Waals surface area contributed by atoms with Crippen molar-refractivity contribution < 1.29 is 4.42 Å². The minimum absolute atomic E-state index is 0.244. The molecule has 0 radical (unpaired) electrons. The van der Waals surface area contributed by atoms with Crippen molar-refractivity contribution in [2.75, 3.05) is 6.54 Å². The van der Waals surface area contributed by atoms with Crippen LogP contribution in [0.3, 0.4) is 0 Å². The topological polar surface area (TPSA) is 25.2 Å². The monoisotopic (exact) mass is 299 g/mol. The predicted octanol–water partition coefficient (Wildman–Crippen LogP) is 4.00. The van der Waals surface area contributed by atoms with Gasteiger partial charge in [-0.05, 0) is 40.0 Å². The van der Waals surface area contributed by atoms with Gasteiger partial charge in [-0.1, -0.05) is 13.0 Å². The highest BCUT2D eigenvalue weighted by molar-refractivity contribution is 9.10. The molecule has 0 bridgehead atoms. The summed E-state index contributed by atoms with van der Waals surface area (Å²) in [5.41, 5.74) is 0. The summed E-state index contributed by atoms with van der Waals surface area (Å²) in [5, 5.41) is 5.55. The standard InChI is InChI=1S/C12H14BrNOS/c1-2-14-11(8-9-4-3-7-16-9)12-10(13)5-6-15-12/h3-7,11,14H,2,8H2,1H3. The lowest BCUT2D eigenvalue weighted by Gasteiger charge is -2.15. The molecule has 2 heterocycles. The maximum atomic E-state index is 5.52. The van der Waals surface area contributed by atoms with Crippen molar-refractivity contribution in [3.05, 3.63) is 45.0 Å². The van der Waals surface area contributed by atoms with E-state index in [2.05, 4.69) is 45.7 Å². The van der Waals surface area contributed by atoms with E-state index in [0.29, 0.717) is 0 Å². The Kier molecular flexibility index (Phi) is 4.21. The van der Waals surface area contributed by atoms with Crippen LogP contribution in [-0.2, 0) is 6.42 Å². The Balaban J connectivity index is 2.14. The molecule has 0 fully saturated rings. The van der Waals surface area contributed by atoms with Gasteiger partial charge < -0.3 is 9.73 Å². The summed E-state index contributed by atoms with van der Waals surface area (Å²) in [6.45, 7) is 3.04. The van der Waals surface area contributed by atoms with E-state index in [1.54, 1.807) is 17.6 Å². The molecule has 1 unspecified atom stereocenters. The lowest BCUT2D eigenvalue weighted by Crippen LogP contribution is -2.22. The number of nitrogens with one attached hydrogen (secondary N) is 1. The SMILES string of the molecule is CCNC(Cc1cccs1)c1occc1Br. The Morgan fingerprint density at radius 2 is 2.38 bits per heavy atom. The van der Waals surface area contributed by atoms with Gasteiger partial charge in [0.15, 0.2) is 0 Å². The molecule has 2 rings (SSSR count). The molecule has 0 amide bonds. The highest BCUT2D eigenvalue weighted by Crippen LogP contribution is 2.28. The van der Waals surface area contributed by atoms with E-state index in [4.69, 9.17) is 4.42 Å². The summed E-state index contributed by atoms with van der Waals surface area (Å²) in [6.07, 6.45) is 2.69. The number of halogens is 1. The minimum atomic E-state index is 0.244. The fraction of sp³-hybridized carbons (Fsp3) is 0.333. The molecule has 1 atom stereocenters. The fourth-order valence-electron chi connectivity index (χ4n) is 1.69. The molecule has 0 saturated carbocycles. The number of hydrogen-bond donors (Lipinski definition) is 1. The first-order valence-electron chi connectivity index (χ1n) is 5.30. The van der Waals surface area contributed by atoms with E-state index in [0.717, 1.165) is 23.2 Å². The molecule has 1 N–H and O–H groups in total. The number of furan rings is 1. The first-order valence-corrected chi connectivity index (χ1v) is 6.97. The molecule has 16 heavy (non-hydrogen) atoms. The molecule has 0 aliphatic carbocycles. The van der Waals surface area contributed by atoms with Crippen LogP contribution in [0.2, 0.25) is 0 Å². The molecule has 4 heteroatoms. The van der Waals surface area contributed by atoms with Crippen molar-refractivity contribution in [2.45, 2.75) is 19.4 Å². The molecule has 0 spiro atoms. The smallest absolute Gasteiger partial charge is 0.135 e. The van der Waals surface area contributed by atoms with Crippen molar-refractivity contribution in [1.82, 2.24) is 5.32 Å². The maximum Gasteiger partial charge on any atom is 0.135 e. The first-order chi connectivity index (χ1) is 7.81. The lowest BCUT2D eigenvalue weighted by molar-refractivity contribution is 0.415. The van der Waals surface area contributed by atoms with Crippen molar-refractivity contribution in [1.29, 1.82) is 0 Å². The second-order valence-corrected chi connectivity index (χ2v) is 5.41. The Morgan fingerprint density at radius 3 is 2.94 bits per heavy atom. The van der Waals surface area contributed by atoms with Gasteiger partial charge in [0.2, 0.25) is 0 Å². The van der Waals surface area contributed by atoms with Gasteiger partial charge in [-0.25, -0.2) is 0 Å². The van der Waals surface area contributed by atoms with Gasteiger partial charge in [0, 0.05) is 11.3 Å². The first kappa shape index (κ1) is 11.9. The van der Waals surface area contributed by atoms with Crippen molar-refractivity contribution in [3.8, 4) is 0 Å². The molecule has 0 aliphatic rings. The minimum Gasteiger partial charge on any atom is -0.466 e. The molecular formula is C12H14BrNOS. The number of thiophene rings is 1. The fourth-order valence-corrected chi connectivity index (χ4v) is 2.92. The molecule has 0 aromatic carbocycles. The van der Waals surface area contributed by atoms with Crippen LogP contribution in [0.1, 0.15) is 23.6 Å². The Labute approximate surface area is 108 Å². The van der Waals surface area contributed by atoms with E-state index in [-0.39, 0.29) is 6.04 Å². The molecular weight excluding hydrogens is 286 g/mol. The third-order valence-electron chi connectivity index (χ3n) is 2.40. The Morgan fingerprint density at radius 1 is 1.50 bits per heavy atom. The molecule has 86 valence electrons. The Hall–Kier alpha value is -0.580. The zero-order chi connectivity index (χ0) is 11.4. The van der Waals surface area contributed by atoms with Gasteiger partial charge in [-0.2, -0.15) is 0 Å². The summed E-state index contributed by atoms with van der Waals surface area (Å²) in [6, 6.07) is 6.42. The van der Waals surface area contributed by atoms with Crippen molar-refractivity contribution in [3.63, 3.8) is 0 Å². The summed E-state index contributed by atoms with van der Waals surface area (Å²) in [5.74, 6) is 0.982. The summed E-state index contributed by atoms with van der Waals surface area (Å²) >= 11 is 5.29. The van der Waals surface area contributed by atoms with Gasteiger partial charge in [0.1, 0.15) is 5.76 Å². The van der Waals surface area contributed by atoms with Crippen LogP contribution in [0.25, 0.3) is 0 Å². The Bertz CT molecular complexity index is 424. The van der Waals surface area contributed by atoms with E-state index in [1.807, 2.05) is 6.07 Å². The summed E-state index contributed by atoms with van der Waals surface area (Å²) in [7, 11) is 0. The maximum absolute atomic E-state index is 5.52. The molecule has 2 nitrogen and oxygen atoms in total. The normalized spacial score (nSPS) is 12.9. The van der Waals surface area contributed by atoms with Crippen molar-refractivity contribution in [2.24, 2.45) is 0 Å². The largest absolute Gasteiger partial charge is 0.466 e. The van der Waals surface area contributed by atoms with E-state index >= 15 is 0 Å². The van der Waals surface area contributed by atoms with Gasteiger partial charge in [-0.15, -0.1) is 11.3 Å². The second-order valence-electron chi connectivity index (χ2n) is 3.53. The van der Waals surface area contributed by atoms with Crippen LogP contribution >= 0.6 is 27.3 Å². The van der Waals surface area contributed by atoms with Crippen LogP contribution in [0.5, 0.6) is 0 Å². The van der Waals surface area contributed by atoms with Gasteiger partial charge in [0.05, 0.1) is 16.8 Å². The third-order valence-corrected chi connectivity index (χ3v) is 3.95. The number of likely N-dealkylation sites (N-methyl/N-ethyl adjacent to an activating group) is 1. The zero-order valence-electron chi connectivity index (χ0n) is 9.07. The van der Waals surface area contributed by atoms with E-state index in [1.165, 1.54) is 4.88 Å². The van der Waals surface area contributed by atoms with Crippen molar-refractivity contribution >= 4 is 27.3 Å².